The van der Waals surface area contributed by atoms with E-state index in [1.807, 2.05) is 12.3 Å². The summed E-state index contributed by atoms with van der Waals surface area (Å²) in [5.41, 5.74) is 7.42. The summed E-state index contributed by atoms with van der Waals surface area (Å²) >= 11 is 0. The third-order valence-electron chi connectivity index (χ3n) is 4.02. The van der Waals surface area contributed by atoms with E-state index in [-0.39, 0.29) is 16.5 Å². The maximum absolute atomic E-state index is 4.83. The van der Waals surface area contributed by atoms with E-state index >= 15 is 0 Å². The van der Waals surface area contributed by atoms with Crippen molar-refractivity contribution in [3.63, 3.8) is 0 Å². The molecule has 0 heterocycles. The van der Waals surface area contributed by atoms with Crippen molar-refractivity contribution in [1.29, 1.82) is 0 Å². The molecule has 27 heavy (non-hydrogen) atoms. The van der Waals surface area contributed by atoms with Crippen LogP contribution in [0.25, 0.3) is 0 Å². The number of aryl methyl sites for hydroxylation is 2. The third-order valence-corrected chi connectivity index (χ3v) is 4.02. The largest absolute Gasteiger partial charge is 0.384 e. The molecule has 0 unspecified atom stereocenters. The number of benzene rings is 2. The summed E-state index contributed by atoms with van der Waals surface area (Å²) in [6.45, 7) is 12.2. The van der Waals surface area contributed by atoms with E-state index in [4.69, 9.17) is 4.99 Å². The van der Waals surface area contributed by atoms with Crippen molar-refractivity contribution < 1.29 is 16.5 Å². The Hall–Kier alpha value is -2.13. The van der Waals surface area contributed by atoms with Gasteiger partial charge in [0, 0.05) is 35.8 Å². The molecule has 5 heteroatoms. The summed E-state index contributed by atoms with van der Waals surface area (Å²) in [5, 5.41) is 6.77. The Morgan fingerprint density at radius 2 is 1.37 bits per heavy atom. The second-order valence-corrected chi connectivity index (χ2v) is 6.32. The molecule has 0 aromatic heterocycles. The van der Waals surface area contributed by atoms with E-state index in [2.05, 4.69) is 80.6 Å². The first-order valence-corrected chi connectivity index (χ1v) is 9.38. The van der Waals surface area contributed by atoms with Crippen LogP contribution in [0.15, 0.2) is 46.4 Å². The van der Waals surface area contributed by atoms with E-state index in [0.717, 1.165) is 48.0 Å². The van der Waals surface area contributed by atoms with Gasteiger partial charge >= 0.3 is 0 Å². The monoisotopic (exact) mass is 408 g/mol. The van der Waals surface area contributed by atoms with Crippen LogP contribution in [0.4, 0.5) is 22.7 Å². The topological polar surface area (TPSA) is 48.8 Å². The Balaban J connectivity index is 0.00000364. The summed E-state index contributed by atoms with van der Waals surface area (Å²) in [6.07, 6.45) is 2.70. The van der Waals surface area contributed by atoms with Crippen LogP contribution in [0, 0.1) is 13.8 Å². The van der Waals surface area contributed by atoms with E-state index in [0.29, 0.717) is 0 Å². The first-order valence-electron chi connectivity index (χ1n) is 9.38. The summed E-state index contributed by atoms with van der Waals surface area (Å²) < 4.78 is 0. The molecule has 0 saturated carbocycles. The Morgan fingerprint density at radius 1 is 0.852 bits per heavy atom. The second kappa shape index (κ2) is 11.6. The van der Waals surface area contributed by atoms with Crippen molar-refractivity contribution >= 4 is 34.7 Å². The number of nitrogens with one attached hydrogen (secondary N) is 2. The van der Waals surface area contributed by atoms with Gasteiger partial charge in [-0.3, -0.25) is 4.99 Å². The van der Waals surface area contributed by atoms with Crippen LogP contribution >= 0.6 is 0 Å². The second-order valence-electron chi connectivity index (χ2n) is 6.32. The third kappa shape index (κ3) is 6.84. The van der Waals surface area contributed by atoms with Crippen LogP contribution in [0.2, 0.25) is 0 Å². The molecule has 0 aliphatic carbocycles. The first-order chi connectivity index (χ1) is 12.6. The first kappa shape index (κ1) is 22.9. The maximum Gasteiger partial charge on any atom is 0.0865 e. The Bertz CT molecular complexity index is 797. The fourth-order valence-corrected chi connectivity index (χ4v) is 2.67. The summed E-state index contributed by atoms with van der Waals surface area (Å²) in [4.78, 5) is 9.52. The van der Waals surface area contributed by atoms with Crippen molar-refractivity contribution in [2.24, 2.45) is 9.98 Å². The number of anilines is 2. The fraction of sp³-hybridized carbons (Fsp3) is 0.364. The van der Waals surface area contributed by atoms with Crippen molar-refractivity contribution in [2.45, 2.75) is 41.0 Å². The van der Waals surface area contributed by atoms with Gasteiger partial charge in [0.05, 0.1) is 28.5 Å². The smallest absolute Gasteiger partial charge is 0.0865 e. The SMILES string of the molecule is CCNc1cc(C)ccc1N=CC(CC)=Nc1ccc(C)cc1NCC.[Ni]. The minimum absolute atomic E-state index is 0. The Kier molecular flexibility index (Phi) is 9.81. The van der Waals surface area contributed by atoms with Crippen LogP contribution < -0.4 is 10.6 Å². The number of hydrogen-bond acceptors (Lipinski definition) is 4. The number of rotatable bonds is 8. The molecule has 2 aromatic rings. The van der Waals surface area contributed by atoms with Gasteiger partial charge in [-0.15, -0.1) is 0 Å². The molecule has 0 aliphatic heterocycles. The molecule has 0 fully saturated rings. The predicted octanol–water partition coefficient (Wildman–Crippen LogP) is 6.05. The van der Waals surface area contributed by atoms with Gasteiger partial charge < -0.3 is 10.6 Å². The zero-order chi connectivity index (χ0) is 18.9. The van der Waals surface area contributed by atoms with E-state index in [9.17, 15) is 0 Å². The average molecular weight is 409 g/mol. The van der Waals surface area contributed by atoms with Gasteiger partial charge in [-0.05, 0) is 69.5 Å². The van der Waals surface area contributed by atoms with E-state index < -0.39 is 0 Å². The molecule has 0 radical (unpaired) electrons. The minimum Gasteiger partial charge on any atom is -0.384 e. The average Bonchev–Trinajstić information content (AvgIpc) is 2.62. The van der Waals surface area contributed by atoms with Crippen molar-refractivity contribution in [1.82, 2.24) is 0 Å². The molecule has 0 bridgehead atoms. The fourth-order valence-electron chi connectivity index (χ4n) is 2.67. The molecule has 0 aliphatic rings. The van der Waals surface area contributed by atoms with Crippen LogP contribution in [0.3, 0.4) is 0 Å². The summed E-state index contributed by atoms with van der Waals surface area (Å²) in [6, 6.07) is 12.5. The van der Waals surface area contributed by atoms with E-state index in [1.165, 1.54) is 11.1 Å². The van der Waals surface area contributed by atoms with Crippen LogP contribution in [0.5, 0.6) is 0 Å². The molecule has 4 nitrogen and oxygen atoms in total. The number of hydrogen-bond donors (Lipinski definition) is 2. The van der Waals surface area contributed by atoms with E-state index in [1.54, 1.807) is 0 Å². The van der Waals surface area contributed by atoms with Gasteiger partial charge in [0.2, 0.25) is 0 Å². The van der Waals surface area contributed by atoms with Gasteiger partial charge in [-0.2, -0.15) is 0 Å². The minimum atomic E-state index is 0. The van der Waals surface area contributed by atoms with Crippen molar-refractivity contribution in [3.05, 3.63) is 47.5 Å². The quantitative estimate of drug-likeness (QED) is 0.412. The molecule has 2 N–H and O–H groups in total. The van der Waals surface area contributed by atoms with Crippen LogP contribution in [-0.4, -0.2) is 25.0 Å². The maximum atomic E-state index is 4.83. The zero-order valence-corrected chi connectivity index (χ0v) is 17.9. The van der Waals surface area contributed by atoms with Crippen LogP contribution in [-0.2, 0) is 16.5 Å². The molecule has 0 atom stereocenters. The molecule has 148 valence electrons. The molecule has 2 aromatic carbocycles. The van der Waals surface area contributed by atoms with Gasteiger partial charge in [-0.25, -0.2) is 4.99 Å². The van der Waals surface area contributed by atoms with Gasteiger partial charge in [0.15, 0.2) is 0 Å². The standard InChI is InChI=1S/C22H30N4.Ni/c1-6-18(26-20-12-10-17(5)14-22(20)24-8-3)15-25-19-11-9-16(4)13-21(19)23-7-2;/h9-15,23-24H,6-8H2,1-5H3;. The van der Waals surface area contributed by atoms with Crippen molar-refractivity contribution in [3.8, 4) is 0 Å². The van der Waals surface area contributed by atoms with Gasteiger partial charge in [0.25, 0.3) is 0 Å². The summed E-state index contributed by atoms with van der Waals surface area (Å²) in [7, 11) is 0. The molecular weight excluding hydrogens is 379 g/mol. The van der Waals surface area contributed by atoms with Crippen LogP contribution in [0.1, 0.15) is 38.3 Å². The Morgan fingerprint density at radius 3 is 1.89 bits per heavy atom. The predicted molar refractivity (Wildman–Crippen MR) is 116 cm³/mol. The Labute approximate surface area is 173 Å². The molecular formula is C22H30N4Ni. The number of aliphatic imine (C=N–C) groups is 2. The van der Waals surface area contributed by atoms with Gasteiger partial charge in [-0.1, -0.05) is 19.1 Å². The molecule has 0 amide bonds. The van der Waals surface area contributed by atoms with Gasteiger partial charge in [0.1, 0.15) is 0 Å². The molecule has 0 saturated heterocycles. The number of nitrogens with zero attached hydrogens (tertiary/aromatic N) is 2. The molecule has 2 rings (SSSR count). The summed E-state index contributed by atoms with van der Waals surface area (Å²) in [5.74, 6) is 0. The normalized spacial score (nSPS) is 11.4. The zero-order valence-electron chi connectivity index (χ0n) is 16.9. The molecule has 0 spiro atoms. The van der Waals surface area contributed by atoms with Crippen molar-refractivity contribution in [2.75, 3.05) is 23.7 Å².